The maximum Gasteiger partial charge on any atom is 0.222 e. The second kappa shape index (κ2) is 6.71. The molecule has 1 fully saturated rings. The lowest BCUT2D eigenvalue weighted by Gasteiger charge is -2.31. The van der Waals surface area contributed by atoms with Crippen molar-refractivity contribution < 1.29 is 4.79 Å². The molecule has 0 aromatic heterocycles. The summed E-state index contributed by atoms with van der Waals surface area (Å²) in [4.78, 5) is 14.1. The van der Waals surface area contributed by atoms with E-state index in [1.165, 1.54) is 11.1 Å². The van der Waals surface area contributed by atoms with Crippen LogP contribution in [0.2, 0.25) is 0 Å². The lowest BCUT2D eigenvalue weighted by molar-refractivity contribution is -0.132. The molecule has 3 heteroatoms. The van der Waals surface area contributed by atoms with Gasteiger partial charge in [-0.2, -0.15) is 0 Å². The molecule has 2 N–H and O–H groups in total. The minimum atomic E-state index is 0.289. The molecular weight excluding hydrogens is 236 g/mol. The van der Waals surface area contributed by atoms with Gasteiger partial charge in [-0.05, 0) is 44.2 Å². The molecule has 1 amide bonds. The highest BCUT2D eigenvalue weighted by Gasteiger charge is 2.21. The Morgan fingerprint density at radius 2 is 2.11 bits per heavy atom. The maximum atomic E-state index is 12.1. The Bertz CT molecular complexity index is 423. The molecule has 0 spiro atoms. The van der Waals surface area contributed by atoms with Gasteiger partial charge in [-0.1, -0.05) is 29.8 Å². The number of carbonyl (C=O) groups excluding carboxylic acids is 1. The number of aryl methyl sites for hydroxylation is 2. The molecule has 1 aromatic carbocycles. The smallest absolute Gasteiger partial charge is 0.222 e. The zero-order chi connectivity index (χ0) is 13.7. The standard InChI is InChI=1S/C16H24N2O/c1-13-3-2-4-14(11-13)5-6-16(19)18-9-7-15(12-17)8-10-18/h2-4,11,15H,5-10,12,17H2,1H3. The Morgan fingerprint density at radius 1 is 1.37 bits per heavy atom. The van der Waals surface area contributed by atoms with Crippen LogP contribution in [-0.4, -0.2) is 30.4 Å². The number of nitrogens with two attached hydrogens (primary N) is 1. The summed E-state index contributed by atoms with van der Waals surface area (Å²) in [5.74, 6) is 0.901. The first kappa shape index (κ1) is 14.1. The number of benzene rings is 1. The fourth-order valence-electron chi connectivity index (χ4n) is 2.70. The van der Waals surface area contributed by atoms with E-state index in [2.05, 4.69) is 31.2 Å². The Balaban J connectivity index is 1.79. The Kier molecular flexibility index (Phi) is 4.97. The van der Waals surface area contributed by atoms with Crippen LogP contribution in [0, 0.1) is 12.8 Å². The van der Waals surface area contributed by atoms with E-state index in [1.54, 1.807) is 0 Å². The minimum Gasteiger partial charge on any atom is -0.343 e. The van der Waals surface area contributed by atoms with Gasteiger partial charge in [0.05, 0.1) is 0 Å². The number of hydrogen-bond acceptors (Lipinski definition) is 2. The number of amides is 1. The van der Waals surface area contributed by atoms with Crippen molar-refractivity contribution in [1.29, 1.82) is 0 Å². The first-order valence-corrected chi connectivity index (χ1v) is 7.22. The van der Waals surface area contributed by atoms with E-state index in [1.807, 2.05) is 4.90 Å². The summed E-state index contributed by atoms with van der Waals surface area (Å²) in [6, 6.07) is 8.40. The average molecular weight is 260 g/mol. The topological polar surface area (TPSA) is 46.3 Å². The number of likely N-dealkylation sites (tertiary alicyclic amines) is 1. The maximum absolute atomic E-state index is 12.1. The second-order valence-corrected chi connectivity index (χ2v) is 5.55. The Morgan fingerprint density at radius 3 is 2.74 bits per heavy atom. The molecule has 1 aromatic rings. The highest BCUT2D eigenvalue weighted by atomic mass is 16.2. The van der Waals surface area contributed by atoms with Crippen molar-refractivity contribution in [3.05, 3.63) is 35.4 Å². The van der Waals surface area contributed by atoms with Crippen LogP contribution < -0.4 is 5.73 Å². The van der Waals surface area contributed by atoms with E-state index in [0.717, 1.165) is 38.9 Å². The highest BCUT2D eigenvalue weighted by Crippen LogP contribution is 2.17. The fourth-order valence-corrected chi connectivity index (χ4v) is 2.70. The van der Waals surface area contributed by atoms with Gasteiger partial charge in [-0.3, -0.25) is 4.79 Å². The highest BCUT2D eigenvalue weighted by molar-refractivity contribution is 5.76. The van der Waals surface area contributed by atoms with Crippen LogP contribution in [0.3, 0.4) is 0 Å². The summed E-state index contributed by atoms with van der Waals surface area (Å²) >= 11 is 0. The van der Waals surface area contributed by atoms with Gasteiger partial charge in [0.1, 0.15) is 0 Å². The van der Waals surface area contributed by atoms with Crippen molar-refractivity contribution >= 4 is 5.91 Å². The molecule has 0 bridgehead atoms. The summed E-state index contributed by atoms with van der Waals surface area (Å²) in [6.45, 7) is 4.61. The predicted octanol–water partition coefficient (Wildman–Crippen LogP) is 2.12. The fraction of sp³-hybridized carbons (Fsp3) is 0.562. The van der Waals surface area contributed by atoms with Gasteiger partial charge in [-0.25, -0.2) is 0 Å². The van der Waals surface area contributed by atoms with Crippen LogP contribution in [0.1, 0.15) is 30.4 Å². The molecule has 1 saturated heterocycles. The molecule has 1 heterocycles. The van der Waals surface area contributed by atoms with Crippen molar-refractivity contribution in [1.82, 2.24) is 4.90 Å². The average Bonchev–Trinajstić information content (AvgIpc) is 2.45. The van der Waals surface area contributed by atoms with Crippen molar-refractivity contribution in [2.75, 3.05) is 19.6 Å². The summed E-state index contributed by atoms with van der Waals surface area (Å²) in [6.07, 6.45) is 3.59. The van der Waals surface area contributed by atoms with Crippen molar-refractivity contribution in [2.45, 2.75) is 32.6 Å². The molecule has 104 valence electrons. The molecule has 19 heavy (non-hydrogen) atoms. The Labute approximate surface area is 115 Å². The molecule has 0 atom stereocenters. The van der Waals surface area contributed by atoms with Crippen molar-refractivity contribution in [3.63, 3.8) is 0 Å². The molecule has 0 aliphatic carbocycles. The molecule has 0 radical (unpaired) electrons. The van der Waals surface area contributed by atoms with Gasteiger partial charge < -0.3 is 10.6 Å². The van der Waals surface area contributed by atoms with E-state index < -0.39 is 0 Å². The molecule has 3 nitrogen and oxygen atoms in total. The number of rotatable bonds is 4. The van der Waals surface area contributed by atoms with Crippen LogP contribution >= 0.6 is 0 Å². The number of piperidine rings is 1. The lowest BCUT2D eigenvalue weighted by atomic mass is 9.96. The quantitative estimate of drug-likeness (QED) is 0.901. The number of hydrogen-bond donors (Lipinski definition) is 1. The van der Waals surface area contributed by atoms with E-state index in [-0.39, 0.29) is 5.91 Å². The third kappa shape index (κ3) is 4.06. The minimum absolute atomic E-state index is 0.289. The molecule has 0 unspecified atom stereocenters. The van der Waals surface area contributed by atoms with Crippen LogP contribution in [-0.2, 0) is 11.2 Å². The van der Waals surface area contributed by atoms with E-state index >= 15 is 0 Å². The zero-order valence-electron chi connectivity index (χ0n) is 11.8. The predicted molar refractivity (Wildman–Crippen MR) is 77.9 cm³/mol. The molecule has 2 rings (SSSR count). The number of carbonyl (C=O) groups is 1. The van der Waals surface area contributed by atoms with Gasteiger partial charge in [0.2, 0.25) is 5.91 Å². The van der Waals surface area contributed by atoms with Gasteiger partial charge in [0.25, 0.3) is 0 Å². The molecular formula is C16H24N2O. The van der Waals surface area contributed by atoms with Crippen molar-refractivity contribution in [2.24, 2.45) is 11.7 Å². The van der Waals surface area contributed by atoms with Crippen LogP contribution in [0.25, 0.3) is 0 Å². The van der Waals surface area contributed by atoms with E-state index in [4.69, 9.17) is 5.73 Å². The summed E-state index contributed by atoms with van der Waals surface area (Å²) < 4.78 is 0. The second-order valence-electron chi connectivity index (χ2n) is 5.55. The monoisotopic (exact) mass is 260 g/mol. The van der Waals surface area contributed by atoms with Gasteiger partial charge in [0.15, 0.2) is 0 Å². The molecule has 1 aliphatic heterocycles. The summed E-state index contributed by atoms with van der Waals surface area (Å²) in [5.41, 5.74) is 8.18. The van der Waals surface area contributed by atoms with Crippen LogP contribution in [0.15, 0.2) is 24.3 Å². The number of nitrogens with zero attached hydrogens (tertiary/aromatic N) is 1. The Hall–Kier alpha value is -1.35. The third-order valence-electron chi connectivity index (χ3n) is 4.01. The SMILES string of the molecule is Cc1cccc(CCC(=O)N2CCC(CN)CC2)c1. The first-order chi connectivity index (χ1) is 9.19. The first-order valence-electron chi connectivity index (χ1n) is 7.22. The molecule has 0 saturated carbocycles. The zero-order valence-corrected chi connectivity index (χ0v) is 11.8. The summed E-state index contributed by atoms with van der Waals surface area (Å²) in [7, 11) is 0. The van der Waals surface area contributed by atoms with E-state index in [9.17, 15) is 4.79 Å². The lowest BCUT2D eigenvalue weighted by Crippen LogP contribution is -2.40. The largest absolute Gasteiger partial charge is 0.343 e. The van der Waals surface area contributed by atoms with E-state index in [0.29, 0.717) is 12.3 Å². The van der Waals surface area contributed by atoms with Gasteiger partial charge in [0, 0.05) is 19.5 Å². The van der Waals surface area contributed by atoms with Crippen molar-refractivity contribution in [3.8, 4) is 0 Å². The van der Waals surface area contributed by atoms with Gasteiger partial charge >= 0.3 is 0 Å². The van der Waals surface area contributed by atoms with Crippen LogP contribution in [0.4, 0.5) is 0 Å². The van der Waals surface area contributed by atoms with Gasteiger partial charge in [-0.15, -0.1) is 0 Å². The third-order valence-corrected chi connectivity index (χ3v) is 4.01. The summed E-state index contributed by atoms with van der Waals surface area (Å²) in [5, 5.41) is 0. The normalized spacial score (nSPS) is 16.6. The molecule has 1 aliphatic rings. The van der Waals surface area contributed by atoms with Crippen LogP contribution in [0.5, 0.6) is 0 Å².